The molecule has 0 fully saturated rings. The molecule has 160 valence electrons. The van der Waals surface area contributed by atoms with Gasteiger partial charge < -0.3 is 15.4 Å². The highest BCUT2D eigenvalue weighted by atomic mass is 32.1. The third kappa shape index (κ3) is 4.94. The Morgan fingerprint density at radius 2 is 1.84 bits per heavy atom. The van der Waals surface area contributed by atoms with Crippen molar-refractivity contribution >= 4 is 33.8 Å². The number of aryl methyl sites for hydroxylation is 1. The summed E-state index contributed by atoms with van der Waals surface area (Å²) in [5, 5.41) is 6.54. The Bertz CT molecular complexity index is 1060. The molecule has 6 nitrogen and oxygen atoms in total. The van der Waals surface area contributed by atoms with Crippen LogP contribution in [0.5, 0.6) is 5.75 Å². The fraction of sp³-hybridized carbons (Fsp3) is 0.292. The quantitative estimate of drug-likeness (QED) is 0.514. The van der Waals surface area contributed by atoms with Gasteiger partial charge in [0.15, 0.2) is 0 Å². The first kappa shape index (κ1) is 21.1. The number of ether oxygens (including phenoxy) is 1. The van der Waals surface area contributed by atoms with Crippen molar-refractivity contribution in [1.29, 1.82) is 0 Å². The summed E-state index contributed by atoms with van der Waals surface area (Å²) in [5.74, 6) is 0.291. The molecule has 0 aliphatic heterocycles. The van der Waals surface area contributed by atoms with Crippen LogP contribution < -0.4 is 15.4 Å². The zero-order valence-corrected chi connectivity index (χ0v) is 18.3. The molecule has 0 saturated heterocycles. The summed E-state index contributed by atoms with van der Waals surface area (Å²) < 4.78 is 5.47. The minimum Gasteiger partial charge on any atom is -0.494 e. The van der Waals surface area contributed by atoms with Gasteiger partial charge in [-0.25, -0.2) is 0 Å². The minimum atomic E-state index is -0.264. The zero-order valence-electron chi connectivity index (χ0n) is 17.4. The normalized spacial score (nSPS) is 13.1. The molecule has 2 N–H and O–H groups in total. The number of hydrogen-bond donors (Lipinski definition) is 2. The number of carbonyl (C=O) groups excluding carboxylic acids is 2. The van der Waals surface area contributed by atoms with Crippen LogP contribution in [0.25, 0.3) is 0 Å². The van der Waals surface area contributed by atoms with E-state index < -0.39 is 0 Å². The number of nitrogens with one attached hydrogen (secondary N) is 2. The fourth-order valence-corrected chi connectivity index (χ4v) is 5.02. The molecule has 7 heteroatoms. The number of fused-ring (bicyclic) bond motifs is 1. The highest BCUT2D eigenvalue weighted by Crippen LogP contribution is 2.38. The Morgan fingerprint density at radius 1 is 1.03 bits per heavy atom. The third-order valence-electron chi connectivity index (χ3n) is 5.22. The maximum atomic E-state index is 13.3. The van der Waals surface area contributed by atoms with Gasteiger partial charge in [0, 0.05) is 23.0 Å². The molecule has 0 radical (unpaired) electrons. The molecule has 2 aromatic heterocycles. The van der Waals surface area contributed by atoms with Crippen LogP contribution in [0.2, 0.25) is 0 Å². The topological polar surface area (TPSA) is 80.3 Å². The van der Waals surface area contributed by atoms with Crippen molar-refractivity contribution < 1.29 is 14.3 Å². The molecule has 0 saturated carbocycles. The summed E-state index contributed by atoms with van der Waals surface area (Å²) in [7, 11) is 0. The van der Waals surface area contributed by atoms with Gasteiger partial charge in [0.25, 0.3) is 11.8 Å². The maximum absolute atomic E-state index is 13.3. The van der Waals surface area contributed by atoms with Gasteiger partial charge in [0.05, 0.1) is 17.7 Å². The number of rotatable bonds is 6. The van der Waals surface area contributed by atoms with Crippen LogP contribution in [-0.2, 0) is 12.8 Å². The lowest BCUT2D eigenvalue weighted by Gasteiger charge is -2.11. The van der Waals surface area contributed by atoms with Crippen molar-refractivity contribution in [2.24, 2.45) is 0 Å². The molecule has 4 rings (SSSR count). The fourth-order valence-electron chi connectivity index (χ4n) is 3.74. The van der Waals surface area contributed by atoms with E-state index in [0.717, 1.165) is 43.4 Å². The molecule has 1 aliphatic rings. The number of carbonyl (C=O) groups is 2. The largest absolute Gasteiger partial charge is 0.494 e. The van der Waals surface area contributed by atoms with E-state index in [1.807, 2.05) is 31.2 Å². The van der Waals surface area contributed by atoms with Crippen LogP contribution in [0.1, 0.15) is 57.3 Å². The number of thiophene rings is 1. The first-order valence-corrected chi connectivity index (χ1v) is 11.4. The highest BCUT2D eigenvalue weighted by molar-refractivity contribution is 7.17. The number of pyridine rings is 1. The highest BCUT2D eigenvalue weighted by Gasteiger charge is 2.26. The van der Waals surface area contributed by atoms with Crippen LogP contribution >= 0.6 is 11.3 Å². The summed E-state index contributed by atoms with van der Waals surface area (Å²) in [6.45, 7) is 2.52. The average Bonchev–Trinajstić information content (AvgIpc) is 2.96. The van der Waals surface area contributed by atoms with Crippen LogP contribution in [-0.4, -0.2) is 23.4 Å². The van der Waals surface area contributed by atoms with Gasteiger partial charge in [0.2, 0.25) is 0 Å². The van der Waals surface area contributed by atoms with Crippen molar-refractivity contribution in [2.75, 3.05) is 17.2 Å². The van der Waals surface area contributed by atoms with Gasteiger partial charge in [-0.3, -0.25) is 14.6 Å². The smallest absolute Gasteiger partial charge is 0.258 e. The Morgan fingerprint density at radius 3 is 2.58 bits per heavy atom. The number of aromatic nitrogens is 1. The second kappa shape index (κ2) is 9.75. The number of nitrogens with zero attached hydrogens (tertiary/aromatic N) is 1. The van der Waals surface area contributed by atoms with Crippen molar-refractivity contribution in [3.05, 3.63) is 70.4 Å². The third-order valence-corrected chi connectivity index (χ3v) is 6.43. The van der Waals surface area contributed by atoms with Crippen LogP contribution in [0, 0.1) is 0 Å². The van der Waals surface area contributed by atoms with Crippen molar-refractivity contribution in [3.8, 4) is 5.75 Å². The lowest BCUT2D eigenvalue weighted by atomic mass is 10.0. The predicted octanol–water partition coefficient (Wildman–Crippen LogP) is 5.32. The molecule has 0 unspecified atom stereocenters. The number of benzene rings is 1. The van der Waals surface area contributed by atoms with Gasteiger partial charge in [0.1, 0.15) is 10.8 Å². The predicted molar refractivity (Wildman–Crippen MR) is 123 cm³/mol. The SMILES string of the molecule is CCOc1ccc(NC(=O)c2c(NC(=O)c3cccnc3)sc3c2CCCCC3)cc1. The zero-order chi connectivity index (χ0) is 21.6. The van der Waals surface area contributed by atoms with Crippen molar-refractivity contribution in [2.45, 2.75) is 39.0 Å². The van der Waals surface area contributed by atoms with Crippen LogP contribution in [0.4, 0.5) is 10.7 Å². The molecular weight excluding hydrogens is 410 g/mol. The Kier molecular flexibility index (Phi) is 6.62. The molecule has 2 amide bonds. The van der Waals surface area contributed by atoms with Crippen LogP contribution in [0.15, 0.2) is 48.8 Å². The number of anilines is 2. The van der Waals surface area contributed by atoms with E-state index >= 15 is 0 Å². The summed E-state index contributed by atoms with van der Waals surface area (Å²) in [6.07, 6.45) is 8.23. The van der Waals surface area contributed by atoms with Gasteiger partial charge >= 0.3 is 0 Å². The number of amides is 2. The van der Waals surface area contributed by atoms with E-state index in [0.29, 0.717) is 28.4 Å². The van der Waals surface area contributed by atoms with E-state index in [4.69, 9.17) is 4.74 Å². The molecular formula is C24H25N3O3S. The van der Waals surface area contributed by atoms with E-state index in [-0.39, 0.29) is 11.8 Å². The lowest BCUT2D eigenvalue weighted by Crippen LogP contribution is -2.18. The summed E-state index contributed by atoms with van der Waals surface area (Å²) in [5.41, 5.74) is 2.79. The van der Waals surface area contributed by atoms with Crippen molar-refractivity contribution in [3.63, 3.8) is 0 Å². The molecule has 1 aliphatic carbocycles. The average molecular weight is 436 g/mol. The van der Waals surface area contributed by atoms with Gasteiger partial charge in [-0.1, -0.05) is 6.42 Å². The Hall–Kier alpha value is -3.19. The standard InChI is InChI=1S/C24H25N3O3S/c1-2-30-18-12-10-17(11-13-18)26-23(29)21-19-8-4-3-5-9-20(19)31-24(21)27-22(28)16-7-6-14-25-15-16/h6-7,10-15H,2-5,8-9H2,1H3,(H,26,29)(H,27,28). The van der Waals surface area contributed by atoms with Gasteiger partial charge in [-0.2, -0.15) is 0 Å². The molecule has 31 heavy (non-hydrogen) atoms. The molecule has 0 atom stereocenters. The Balaban J connectivity index is 1.62. The molecule has 3 aromatic rings. The molecule has 2 heterocycles. The molecule has 1 aromatic carbocycles. The first-order chi connectivity index (χ1) is 15.2. The van der Waals surface area contributed by atoms with E-state index in [2.05, 4.69) is 15.6 Å². The summed E-state index contributed by atoms with van der Waals surface area (Å²) in [4.78, 5) is 31.2. The Labute approximate surface area is 185 Å². The second-order valence-electron chi connectivity index (χ2n) is 7.38. The van der Waals surface area contributed by atoms with Gasteiger partial charge in [-0.15, -0.1) is 11.3 Å². The summed E-state index contributed by atoms with van der Waals surface area (Å²) in [6, 6.07) is 10.7. The van der Waals surface area contributed by atoms with Crippen molar-refractivity contribution in [1.82, 2.24) is 4.98 Å². The van der Waals surface area contributed by atoms with Crippen LogP contribution in [0.3, 0.4) is 0 Å². The molecule has 0 bridgehead atoms. The van der Waals surface area contributed by atoms with E-state index in [1.165, 1.54) is 22.4 Å². The minimum absolute atomic E-state index is 0.204. The first-order valence-electron chi connectivity index (χ1n) is 10.6. The van der Waals surface area contributed by atoms with E-state index in [1.54, 1.807) is 18.3 Å². The second-order valence-corrected chi connectivity index (χ2v) is 8.48. The van der Waals surface area contributed by atoms with Gasteiger partial charge in [-0.05, 0) is 74.6 Å². The molecule has 0 spiro atoms. The lowest BCUT2D eigenvalue weighted by molar-refractivity contribution is 0.102. The monoisotopic (exact) mass is 435 g/mol. The number of hydrogen-bond acceptors (Lipinski definition) is 5. The van der Waals surface area contributed by atoms with E-state index in [9.17, 15) is 9.59 Å². The summed E-state index contributed by atoms with van der Waals surface area (Å²) >= 11 is 1.51. The maximum Gasteiger partial charge on any atom is 0.258 e.